The number of aromatic nitrogens is 4. The Labute approximate surface area is 198 Å². The number of carbonyl (C=O) groups excluding carboxylic acids is 1. The van der Waals surface area contributed by atoms with E-state index in [-0.39, 0.29) is 5.69 Å². The zero-order valence-corrected chi connectivity index (χ0v) is 18.8. The molecule has 0 saturated heterocycles. The number of carbonyl (C=O) groups is 1. The SMILES string of the molecule is CC(Sc1nnc(-c2ccncc2)n1Cc1ccccc1)C(=O)Nc1cccc(C(F)(F)F)c1. The molecule has 2 aromatic heterocycles. The third kappa shape index (κ3) is 5.63. The van der Waals surface area contributed by atoms with Crippen LogP contribution in [-0.2, 0) is 17.5 Å². The Morgan fingerprint density at radius 2 is 1.76 bits per heavy atom. The Kier molecular flexibility index (Phi) is 6.97. The Balaban J connectivity index is 1.56. The van der Waals surface area contributed by atoms with Gasteiger partial charge in [0.2, 0.25) is 5.91 Å². The van der Waals surface area contributed by atoms with Gasteiger partial charge in [-0.2, -0.15) is 13.2 Å². The average molecular weight is 484 g/mol. The summed E-state index contributed by atoms with van der Waals surface area (Å²) in [5.74, 6) is 0.184. The molecule has 2 heterocycles. The van der Waals surface area contributed by atoms with Gasteiger partial charge in [-0.05, 0) is 42.8 Å². The number of pyridine rings is 1. The van der Waals surface area contributed by atoms with Crippen LogP contribution in [0, 0.1) is 0 Å². The second-order valence-corrected chi connectivity index (χ2v) is 8.75. The van der Waals surface area contributed by atoms with Gasteiger partial charge in [0.25, 0.3) is 0 Å². The monoisotopic (exact) mass is 483 g/mol. The van der Waals surface area contributed by atoms with Crippen LogP contribution in [0.3, 0.4) is 0 Å². The van der Waals surface area contributed by atoms with Gasteiger partial charge in [0, 0.05) is 23.6 Å². The van der Waals surface area contributed by atoms with Crippen LogP contribution in [0.4, 0.5) is 18.9 Å². The molecule has 10 heteroatoms. The van der Waals surface area contributed by atoms with Crippen molar-refractivity contribution in [2.75, 3.05) is 5.32 Å². The molecule has 34 heavy (non-hydrogen) atoms. The van der Waals surface area contributed by atoms with Gasteiger partial charge >= 0.3 is 6.18 Å². The van der Waals surface area contributed by atoms with E-state index < -0.39 is 22.9 Å². The Morgan fingerprint density at radius 3 is 2.47 bits per heavy atom. The van der Waals surface area contributed by atoms with E-state index in [0.29, 0.717) is 17.5 Å². The van der Waals surface area contributed by atoms with E-state index >= 15 is 0 Å². The number of rotatable bonds is 7. The van der Waals surface area contributed by atoms with Crippen LogP contribution in [0.5, 0.6) is 0 Å². The van der Waals surface area contributed by atoms with Gasteiger partial charge in [0.1, 0.15) is 0 Å². The fourth-order valence-corrected chi connectivity index (χ4v) is 4.08. The van der Waals surface area contributed by atoms with E-state index in [0.717, 1.165) is 23.3 Å². The lowest BCUT2D eigenvalue weighted by atomic mass is 10.2. The summed E-state index contributed by atoms with van der Waals surface area (Å²) >= 11 is 1.18. The molecule has 0 aliphatic carbocycles. The van der Waals surface area contributed by atoms with Gasteiger partial charge in [-0.1, -0.05) is 48.2 Å². The summed E-state index contributed by atoms with van der Waals surface area (Å²) in [7, 11) is 0. The zero-order chi connectivity index (χ0) is 24.1. The first-order valence-corrected chi connectivity index (χ1v) is 11.2. The van der Waals surface area contributed by atoms with Crippen molar-refractivity contribution in [3.63, 3.8) is 0 Å². The molecule has 0 aliphatic heterocycles. The van der Waals surface area contributed by atoms with Crippen LogP contribution in [-0.4, -0.2) is 30.9 Å². The molecular formula is C24H20F3N5OS. The van der Waals surface area contributed by atoms with Crippen molar-refractivity contribution in [1.29, 1.82) is 0 Å². The van der Waals surface area contributed by atoms with Gasteiger partial charge in [-0.3, -0.25) is 14.3 Å². The fourth-order valence-electron chi connectivity index (χ4n) is 3.23. The molecule has 1 atom stereocenters. The van der Waals surface area contributed by atoms with Crippen LogP contribution in [0.15, 0.2) is 84.3 Å². The van der Waals surface area contributed by atoms with Crippen molar-refractivity contribution < 1.29 is 18.0 Å². The maximum atomic E-state index is 13.0. The highest BCUT2D eigenvalue weighted by Gasteiger charge is 2.30. The Bertz CT molecular complexity index is 1260. The number of halogens is 3. The smallest absolute Gasteiger partial charge is 0.325 e. The average Bonchev–Trinajstić information content (AvgIpc) is 3.21. The van der Waals surface area contributed by atoms with Crippen molar-refractivity contribution in [2.24, 2.45) is 0 Å². The van der Waals surface area contributed by atoms with Crippen molar-refractivity contribution in [3.8, 4) is 11.4 Å². The summed E-state index contributed by atoms with van der Waals surface area (Å²) in [6.45, 7) is 2.15. The van der Waals surface area contributed by atoms with E-state index in [4.69, 9.17) is 0 Å². The van der Waals surface area contributed by atoms with Crippen LogP contribution in [0.1, 0.15) is 18.1 Å². The normalized spacial score (nSPS) is 12.4. The number of hydrogen-bond donors (Lipinski definition) is 1. The summed E-state index contributed by atoms with van der Waals surface area (Å²) in [5.41, 5.74) is 1.11. The lowest BCUT2D eigenvalue weighted by Gasteiger charge is -2.15. The number of alkyl halides is 3. The topological polar surface area (TPSA) is 72.7 Å². The second kappa shape index (κ2) is 10.1. The van der Waals surface area contributed by atoms with Gasteiger partial charge in [0.15, 0.2) is 11.0 Å². The quantitative estimate of drug-likeness (QED) is 0.350. The molecule has 0 radical (unpaired) electrons. The standard InChI is InChI=1S/C24H20F3N5OS/c1-16(22(33)29-20-9-5-8-19(14-20)24(25,26)27)34-23-31-30-21(18-10-12-28-13-11-18)32(23)15-17-6-3-2-4-7-17/h2-14,16H,15H2,1H3,(H,29,33). The molecule has 0 spiro atoms. The molecule has 174 valence electrons. The number of anilines is 1. The molecule has 0 fully saturated rings. The molecule has 0 saturated carbocycles. The number of nitrogens with one attached hydrogen (secondary N) is 1. The highest BCUT2D eigenvalue weighted by Crippen LogP contribution is 2.31. The third-order valence-corrected chi connectivity index (χ3v) is 6.03. The molecule has 4 aromatic rings. The van der Waals surface area contributed by atoms with Crippen LogP contribution >= 0.6 is 11.8 Å². The van der Waals surface area contributed by atoms with Gasteiger partial charge in [-0.25, -0.2) is 0 Å². The molecular weight excluding hydrogens is 463 g/mol. The number of amides is 1. The lowest BCUT2D eigenvalue weighted by Crippen LogP contribution is -2.23. The lowest BCUT2D eigenvalue weighted by molar-refractivity contribution is -0.137. The van der Waals surface area contributed by atoms with E-state index in [9.17, 15) is 18.0 Å². The summed E-state index contributed by atoms with van der Waals surface area (Å²) in [6, 6.07) is 18.0. The maximum absolute atomic E-state index is 13.0. The molecule has 6 nitrogen and oxygen atoms in total. The largest absolute Gasteiger partial charge is 0.416 e. The van der Waals surface area contributed by atoms with E-state index in [1.54, 1.807) is 19.3 Å². The molecule has 0 bridgehead atoms. The van der Waals surface area contributed by atoms with E-state index in [1.165, 1.54) is 23.9 Å². The minimum Gasteiger partial charge on any atom is -0.325 e. The number of hydrogen-bond acceptors (Lipinski definition) is 5. The molecule has 0 aliphatic rings. The molecule has 2 aromatic carbocycles. The number of benzene rings is 2. The first-order valence-electron chi connectivity index (χ1n) is 10.3. The van der Waals surface area contributed by atoms with Crippen LogP contribution in [0.25, 0.3) is 11.4 Å². The Hall–Kier alpha value is -3.66. The minimum atomic E-state index is -4.49. The fraction of sp³-hybridized carbons (Fsp3) is 0.167. The van der Waals surface area contributed by atoms with Crippen molar-refractivity contribution in [3.05, 3.63) is 90.3 Å². The van der Waals surface area contributed by atoms with Crippen molar-refractivity contribution >= 4 is 23.4 Å². The third-order valence-electron chi connectivity index (χ3n) is 4.95. The van der Waals surface area contributed by atoms with Crippen LogP contribution < -0.4 is 5.32 Å². The first-order chi connectivity index (χ1) is 16.3. The highest BCUT2D eigenvalue weighted by atomic mass is 32.2. The predicted molar refractivity (Wildman–Crippen MR) is 124 cm³/mol. The zero-order valence-electron chi connectivity index (χ0n) is 18.0. The summed E-state index contributed by atoms with van der Waals surface area (Å²) in [6.07, 6.45) is -1.16. The van der Waals surface area contributed by atoms with Gasteiger partial charge < -0.3 is 5.32 Å². The second-order valence-electron chi connectivity index (χ2n) is 7.44. The maximum Gasteiger partial charge on any atom is 0.416 e. The summed E-state index contributed by atoms with van der Waals surface area (Å²) in [4.78, 5) is 16.8. The minimum absolute atomic E-state index is 0.0792. The highest BCUT2D eigenvalue weighted by molar-refractivity contribution is 8.00. The number of thioether (sulfide) groups is 1. The number of nitrogens with zero attached hydrogens (tertiary/aromatic N) is 4. The van der Waals surface area contributed by atoms with Gasteiger partial charge in [0.05, 0.1) is 17.4 Å². The van der Waals surface area contributed by atoms with Crippen LogP contribution in [0.2, 0.25) is 0 Å². The summed E-state index contributed by atoms with van der Waals surface area (Å²) in [5, 5.41) is 11.0. The van der Waals surface area contributed by atoms with E-state index in [2.05, 4.69) is 20.5 Å². The Morgan fingerprint density at radius 1 is 1.03 bits per heavy atom. The molecule has 1 unspecified atom stereocenters. The molecule has 4 rings (SSSR count). The molecule has 1 amide bonds. The predicted octanol–water partition coefficient (Wildman–Crippen LogP) is 5.53. The first kappa shape index (κ1) is 23.5. The van der Waals surface area contributed by atoms with Gasteiger partial charge in [-0.15, -0.1) is 10.2 Å². The molecule has 1 N–H and O–H groups in total. The summed E-state index contributed by atoms with van der Waals surface area (Å²) < 4.78 is 40.8. The van der Waals surface area contributed by atoms with Crippen molar-refractivity contribution in [2.45, 2.75) is 30.1 Å². The van der Waals surface area contributed by atoms with E-state index in [1.807, 2.05) is 47.0 Å². The van der Waals surface area contributed by atoms with Crippen molar-refractivity contribution in [1.82, 2.24) is 19.7 Å².